The van der Waals surface area contributed by atoms with Crippen LogP contribution >= 0.6 is 0 Å². The molecule has 0 aliphatic heterocycles. The minimum absolute atomic E-state index is 0.0356. The summed E-state index contributed by atoms with van der Waals surface area (Å²) >= 11 is 0. The summed E-state index contributed by atoms with van der Waals surface area (Å²) in [6, 6.07) is 15.8. The fourth-order valence-electron chi connectivity index (χ4n) is 3.69. The third-order valence-electron chi connectivity index (χ3n) is 5.21. The lowest BCUT2D eigenvalue weighted by atomic mass is 10.1. The maximum absolute atomic E-state index is 11.5. The molecule has 4 rings (SSSR count). The van der Waals surface area contributed by atoms with E-state index in [0.29, 0.717) is 12.4 Å². The fourth-order valence-corrected chi connectivity index (χ4v) is 3.69. The molecule has 0 aliphatic carbocycles. The van der Waals surface area contributed by atoms with Gasteiger partial charge in [0.25, 0.3) is 0 Å². The number of para-hydroxylation sites is 1. The summed E-state index contributed by atoms with van der Waals surface area (Å²) in [5, 5.41) is 3.82. The number of nitrogens with zero attached hydrogens (tertiary/aromatic N) is 3. The van der Waals surface area contributed by atoms with Crippen LogP contribution in [0.15, 0.2) is 48.5 Å². The third-order valence-corrected chi connectivity index (χ3v) is 5.21. The van der Waals surface area contributed by atoms with Crippen molar-refractivity contribution in [3.63, 3.8) is 0 Å². The molecule has 1 amide bonds. The Morgan fingerprint density at radius 3 is 2.60 bits per heavy atom. The number of hydrogen-bond acceptors (Lipinski definition) is 5. The number of nitrogen functional groups attached to an aromatic ring is 1. The van der Waals surface area contributed by atoms with Crippen LogP contribution in [0.4, 0.5) is 11.5 Å². The number of nitrogens with one attached hydrogen (secondary N) is 1. The minimum Gasteiger partial charge on any atom is -0.382 e. The summed E-state index contributed by atoms with van der Waals surface area (Å²) in [7, 11) is 0. The molecule has 0 bridgehead atoms. The lowest BCUT2D eigenvalue weighted by molar-refractivity contribution is -0.114. The first-order valence-corrected chi connectivity index (χ1v) is 10.2. The predicted octanol–water partition coefficient (Wildman–Crippen LogP) is 3.45. The summed E-state index contributed by atoms with van der Waals surface area (Å²) < 4.78 is 2.25. The number of imidazole rings is 1. The van der Waals surface area contributed by atoms with Crippen molar-refractivity contribution in [2.75, 3.05) is 17.6 Å². The van der Waals surface area contributed by atoms with Crippen molar-refractivity contribution in [2.24, 2.45) is 5.73 Å². The van der Waals surface area contributed by atoms with E-state index in [0.717, 1.165) is 58.3 Å². The van der Waals surface area contributed by atoms with Gasteiger partial charge in [0.15, 0.2) is 5.82 Å². The van der Waals surface area contributed by atoms with Gasteiger partial charge in [-0.1, -0.05) is 43.7 Å². The Hall–Kier alpha value is -3.45. The average molecular weight is 403 g/mol. The van der Waals surface area contributed by atoms with Gasteiger partial charge in [0.2, 0.25) is 5.91 Å². The molecular formula is C23H26N6O. The number of aryl methyl sites for hydroxylation is 1. The van der Waals surface area contributed by atoms with E-state index in [1.807, 2.05) is 42.5 Å². The Balaban J connectivity index is 1.79. The zero-order valence-electron chi connectivity index (χ0n) is 17.1. The number of aromatic nitrogens is 3. The molecule has 7 nitrogen and oxygen atoms in total. The van der Waals surface area contributed by atoms with Crippen LogP contribution in [0.25, 0.3) is 21.9 Å². The number of rotatable bonds is 7. The minimum atomic E-state index is -0.209. The number of pyridine rings is 1. The van der Waals surface area contributed by atoms with Crippen molar-refractivity contribution in [3.05, 3.63) is 59.9 Å². The smallest absolute Gasteiger partial charge is 0.238 e. The van der Waals surface area contributed by atoms with E-state index in [-0.39, 0.29) is 12.5 Å². The van der Waals surface area contributed by atoms with Crippen LogP contribution in [-0.4, -0.2) is 27.0 Å². The summed E-state index contributed by atoms with van der Waals surface area (Å²) in [6.45, 7) is 2.80. The average Bonchev–Trinajstić information content (AvgIpc) is 3.12. The molecule has 4 aromatic rings. The second-order valence-corrected chi connectivity index (χ2v) is 7.38. The van der Waals surface area contributed by atoms with E-state index in [1.165, 1.54) is 0 Å². The molecule has 2 aromatic heterocycles. The Bertz CT molecular complexity index is 1200. The van der Waals surface area contributed by atoms with E-state index in [4.69, 9.17) is 16.5 Å². The lowest BCUT2D eigenvalue weighted by Crippen LogP contribution is -2.21. The highest BCUT2D eigenvalue weighted by Gasteiger charge is 2.17. The summed E-state index contributed by atoms with van der Waals surface area (Å²) in [4.78, 5) is 20.9. The number of fused-ring (bicyclic) bond motifs is 3. The highest BCUT2D eigenvalue weighted by molar-refractivity contribution is 6.06. The maximum atomic E-state index is 11.5. The summed E-state index contributed by atoms with van der Waals surface area (Å²) in [5.74, 6) is 1.26. The second kappa shape index (κ2) is 8.51. The predicted molar refractivity (Wildman–Crippen MR) is 121 cm³/mol. The maximum Gasteiger partial charge on any atom is 0.238 e. The standard InChI is InChI=1S/C23H26N6O/c1-2-3-8-19-28-21-22(17-6-4-5-7-18(17)27-23(21)25)29(19)14-15-9-11-16(12-10-15)26-20(30)13-24/h4-7,9-12H,2-3,8,13-14,24H2,1H3,(H2,25,27)(H,26,30). The first-order chi connectivity index (χ1) is 14.6. The zero-order chi connectivity index (χ0) is 21.1. The Labute approximate surface area is 175 Å². The van der Waals surface area contributed by atoms with Crippen LogP contribution in [0, 0.1) is 0 Å². The molecule has 7 heteroatoms. The number of nitrogens with two attached hydrogens (primary N) is 2. The molecular weight excluding hydrogens is 376 g/mol. The van der Waals surface area contributed by atoms with Crippen LogP contribution in [0.1, 0.15) is 31.2 Å². The van der Waals surface area contributed by atoms with Crippen molar-refractivity contribution in [3.8, 4) is 0 Å². The molecule has 0 atom stereocenters. The zero-order valence-corrected chi connectivity index (χ0v) is 17.1. The van der Waals surface area contributed by atoms with Crippen molar-refractivity contribution in [1.29, 1.82) is 0 Å². The number of hydrogen-bond donors (Lipinski definition) is 3. The Morgan fingerprint density at radius 2 is 1.87 bits per heavy atom. The molecule has 0 unspecified atom stereocenters. The molecule has 0 aliphatic rings. The molecule has 0 spiro atoms. The van der Waals surface area contributed by atoms with E-state index in [1.54, 1.807) is 0 Å². The number of anilines is 2. The van der Waals surface area contributed by atoms with E-state index in [2.05, 4.69) is 27.9 Å². The summed E-state index contributed by atoms with van der Waals surface area (Å²) in [5.41, 5.74) is 16.1. The molecule has 2 heterocycles. The van der Waals surface area contributed by atoms with Crippen molar-refractivity contribution < 1.29 is 4.79 Å². The van der Waals surface area contributed by atoms with E-state index < -0.39 is 0 Å². The van der Waals surface area contributed by atoms with Crippen LogP contribution in [-0.2, 0) is 17.8 Å². The highest BCUT2D eigenvalue weighted by Crippen LogP contribution is 2.30. The van der Waals surface area contributed by atoms with Gasteiger partial charge in [-0.15, -0.1) is 0 Å². The van der Waals surface area contributed by atoms with Gasteiger partial charge in [0, 0.05) is 24.0 Å². The van der Waals surface area contributed by atoms with Gasteiger partial charge in [-0.05, 0) is 30.2 Å². The number of amides is 1. The largest absolute Gasteiger partial charge is 0.382 e. The van der Waals surface area contributed by atoms with Crippen molar-refractivity contribution >= 4 is 39.3 Å². The Morgan fingerprint density at radius 1 is 1.10 bits per heavy atom. The number of carbonyl (C=O) groups excluding carboxylic acids is 1. The van der Waals surface area contributed by atoms with Crippen molar-refractivity contribution in [1.82, 2.24) is 14.5 Å². The van der Waals surface area contributed by atoms with Gasteiger partial charge < -0.3 is 21.4 Å². The SMILES string of the molecule is CCCCc1nc2c(N)nc3ccccc3c2n1Cc1ccc(NC(=O)CN)cc1. The second-order valence-electron chi connectivity index (χ2n) is 7.38. The van der Waals surface area contributed by atoms with E-state index >= 15 is 0 Å². The Kier molecular flexibility index (Phi) is 5.63. The molecule has 30 heavy (non-hydrogen) atoms. The normalized spacial score (nSPS) is 11.3. The molecule has 0 fully saturated rings. The fraction of sp³-hybridized carbons (Fsp3) is 0.261. The van der Waals surface area contributed by atoms with Crippen LogP contribution < -0.4 is 16.8 Å². The number of benzene rings is 2. The molecule has 0 radical (unpaired) electrons. The van der Waals surface area contributed by atoms with Gasteiger partial charge in [0.1, 0.15) is 11.3 Å². The topological polar surface area (TPSA) is 112 Å². The summed E-state index contributed by atoms with van der Waals surface area (Å²) in [6.07, 6.45) is 3.02. The molecule has 0 saturated carbocycles. The monoisotopic (exact) mass is 402 g/mol. The van der Waals surface area contributed by atoms with E-state index in [9.17, 15) is 4.79 Å². The van der Waals surface area contributed by atoms with Crippen LogP contribution in [0.2, 0.25) is 0 Å². The highest BCUT2D eigenvalue weighted by atomic mass is 16.1. The first-order valence-electron chi connectivity index (χ1n) is 10.2. The quantitative estimate of drug-likeness (QED) is 0.438. The molecule has 0 saturated heterocycles. The van der Waals surface area contributed by atoms with Gasteiger partial charge in [-0.25, -0.2) is 9.97 Å². The van der Waals surface area contributed by atoms with Gasteiger partial charge in [-0.2, -0.15) is 0 Å². The lowest BCUT2D eigenvalue weighted by Gasteiger charge is -2.12. The first kappa shape index (κ1) is 19.8. The molecule has 154 valence electrons. The van der Waals surface area contributed by atoms with Gasteiger partial charge >= 0.3 is 0 Å². The third kappa shape index (κ3) is 3.84. The molecule has 5 N–H and O–H groups in total. The van der Waals surface area contributed by atoms with Gasteiger partial charge in [-0.3, -0.25) is 4.79 Å². The van der Waals surface area contributed by atoms with Crippen LogP contribution in [0.3, 0.4) is 0 Å². The molecule has 2 aromatic carbocycles. The van der Waals surface area contributed by atoms with Gasteiger partial charge in [0.05, 0.1) is 17.6 Å². The number of unbranched alkanes of at least 4 members (excludes halogenated alkanes) is 1. The number of carbonyl (C=O) groups is 1. The van der Waals surface area contributed by atoms with Crippen molar-refractivity contribution in [2.45, 2.75) is 32.7 Å². The van der Waals surface area contributed by atoms with Crippen LogP contribution in [0.5, 0.6) is 0 Å².